The van der Waals surface area contributed by atoms with Crippen molar-refractivity contribution >= 4 is 6.29 Å². The molecule has 0 amide bonds. The predicted octanol–water partition coefficient (Wildman–Crippen LogP) is -0.172. The van der Waals surface area contributed by atoms with E-state index in [2.05, 4.69) is 15.5 Å². The number of H-pyrrole nitrogens is 1. The van der Waals surface area contributed by atoms with Crippen molar-refractivity contribution in [3.05, 3.63) is 18.0 Å². The molecule has 0 aromatic carbocycles. The lowest BCUT2D eigenvalue weighted by molar-refractivity contribution is 0.109. The molecule has 1 fully saturated rings. The Balaban J connectivity index is 0.000000132. The Morgan fingerprint density at radius 1 is 1.46 bits per heavy atom. The molecule has 5 heteroatoms. The van der Waals surface area contributed by atoms with Crippen LogP contribution in [0.3, 0.4) is 0 Å². The summed E-state index contributed by atoms with van der Waals surface area (Å²) in [5.74, 6) is 0. The maximum Gasteiger partial charge on any atom is 0.167 e. The van der Waals surface area contributed by atoms with Crippen LogP contribution in [-0.4, -0.2) is 42.8 Å². The number of nitrogens with one attached hydrogen (secondary N) is 2. The van der Waals surface area contributed by atoms with Crippen molar-refractivity contribution in [2.75, 3.05) is 26.3 Å². The first-order valence-electron chi connectivity index (χ1n) is 4.16. The normalized spacial score (nSPS) is 15.7. The van der Waals surface area contributed by atoms with E-state index in [4.69, 9.17) is 4.74 Å². The lowest BCUT2D eigenvalue weighted by Gasteiger charge is -2.10. The van der Waals surface area contributed by atoms with E-state index < -0.39 is 0 Å². The Bertz CT molecular complexity index is 208. The van der Waals surface area contributed by atoms with Crippen molar-refractivity contribution in [3.63, 3.8) is 0 Å². The van der Waals surface area contributed by atoms with Gasteiger partial charge in [0.1, 0.15) is 0 Å². The standard InChI is InChI=1S/C4H4N2O.C4H9NO/c7-3-4-1-2-5-6-4;1-3-6-4-2-5-1/h1-3H,(H,5,6);5H,1-4H2. The summed E-state index contributed by atoms with van der Waals surface area (Å²) in [7, 11) is 0. The van der Waals surface area contributed by atoms with Crippen LogP contribution in [0.15, 0.2) is 12.3 Å². The Hall–Kier alpha value is -1.20. The second-order valence-corrected chi connectivity index (χ2v) is 2.49. The van der Waals surface area contributed by atoms with Gasteiger partial charge in [-0.2, -0.15) is 5.10 Å². The van der Waals surface area contributed by atoms with E-state index in [1.165, 1.54) is 6.20 Å². The van der Waals surface area contributed by atoms with E-state index in [1.807, 2.05) is 0 Å². The first-order valence-corrected chi connectivity index (χ1v) is 4.16. The van der Waals surface area contributed by atoms with Gasteiger partial charge >= 0.3 is 0 Å². The van der Waals surface area contributed by atoms with E-state index in [0.717, 1.165) is 26.3 Å². The van der Waals surface area contributed by atoms with Gasteiger partial charge < -0.3 is 10.1 Å². The predicted molar refractivity (Wildman–Crippen MR) is 47.7 cm³/mol. The Morgan fingerprint density at radius 3 is 2.46 bits per heavy atom. The number of morpholine rings is 1. The van der Waals surface area contributed by atoms with Crippen molar-refractivity contribution in [2.45, 2.75) is 0 Å². The van der Waals surface area contributed by atoms with Gasteiger partial charge in [0.15, 0.2) is 6.29 Å². The molecular formula is C8H13N3O2. The number of aldehydes is 1. The Kier molecular flexibility index (Phi) is 4.81. The number of rotatable bonds is 1. The summed E-state index contributed by atoms with van der Waals surface area (Å²) in [5.41, 5.74) is 0.514. The van der Waals surface area contributed by atoms with Crippen molar-refractivity contribution in [2.24, 2.45) is 0 Å². The third-order valence-corrected chi connectivity index (χ3v) is 1.50. The fourth-order valence-corrected chi connectivity index (χ4v) is 0.848. The Labute approximate surface area is 76.5 Å². The van der Waals surface area contributed by atoms with Gasteiger partial charge in [-0.3, -0.25) is 9.89 Å². The zero-order valence-electron chi connectivity index (χ0n) is 7.32. The van der Waals surface area contributed by atoms with E-state index in [-0.39, 0.29) is 0 Å². The zero-order chi connectivity index (χ0) is 9.36. The number of aromatic nitrogens is 2. The number of nitrogens with zero attached hydrogens (tertiary/aromatic N) is 1. The number of aromatic amines is 1. The first kappa shape index (κ1) is 9.88. The molecule has 0 atom stereocenters. The van der Waals surface area contributed by atoms with Gasteiger partial charge in [-0.1, -0.05) is 0 Å². The van der Waals surface area contributed by atoms with E-state index >= 15 is 0 Å². The highest BCUT2D eigenvalue weighted by Crippen LogP contribution is 1.81. The molecule has 0 radical (unpaired) electrons. The highest BCUT2D eigenvalue weighted by Gasteiger charge is 1.92. The summed E-state index contributed by atoms with van der Waals surface area (Å²) < 4.78 is 5.01. The lowest BCUT2D eigenvalue weighted by Crippen LogP contribution is -2.30. The minimum atomic E-state index is 0.514. The van der Waals surface area contributed by atoms with Crippen molar-refractivity contribution < 1.29 is 9.53 Å². The minimum absolute atomic E-state index is 0.514. The minimum Gasteiger partial charge on any atom is -0.379 e. The quantitative estimate of drug-likeness (QED) is 0.593. The van der Waals surface area contributed by atoms with Crippen LogP contribution in [0.5, 0.6) is 0 Å². The lowest BCUT2D eigenvalue weighted by atomic mass is 10.5. The molecule has 0 spiro atoms. The molecule has 1 saturated heterocycles. The molecule has 1 aliphatic rings. The number of hydrogen-bond acceptors (Lipinski definition) is 4. The maximum absolute atomic E-state index is 9.80. The van der Waals surface area contributed by atoms with Crippen LogP contribution in [0.2, 0.25) is 0 Å². The van der Waals surface area contributed by atoms with Gasteiger partial charge in [0.2, 0.25) is 0 Å². The number of hydrogen-bond donors (Lipinski definition) is 2. The van der Waals surface area contributed by atoms with Crippen LogP contribution in [0.25, 0.3) is 0 Å². The zero-order valence-corrected chi connectivity index (χ0v) is 7.32. The summed E-state index contributed by atoms with van der Waals surface area (Å²) in [6.07, 6.45) is 2.25. The number of ether oxygens (including phenoxy) is 1. The van der Waals surface area contributed by atoms with E-state index in [9.17, 15) is 4.79 Å². The molecule has 0 unspecified atom stereocenters. The number of carbonyl (C=O) groups excluding carboxylic acids is 1. The van der Waals surface area contributed by atoms with Crippen molar-refractivity contribution in [1.29, 1.82) is 0 Å². The molecular weight excluding hydrogens is 170 g/mol. The van der Waals surface area contributed by atoms with Crippen LogP contribution in [-0.2, 0) is 4.74 Å². The average Bonchev–Trinajstić information content (AvgIpc) is 2.74. The van der Waals surface area contributed by atoms with Crippen molar-refractivity contribution in [1.82, 2.24) is 15.5 Å². The largest absolute Gasteiger partial charge is 0.379 e. The third kappa shape index (κ3) is 4.39. The second-order valence-electron chi connectivity index (χ2n) is 2.49. The van der Waals surface area contributed by atoms with Gasteiger partial charge in [0, 0.05) is 19.3 Å². The molecule has 2 N–H and O–H groups in total. The first-order chi connectivity index (χ1) is 6.43. The van der Waals surface area contributed by atoms with Gasteiger partial charge in [0.25, 0.3) is 0 Å². The van der Waals surface area contributed by atoms with Gasteiger partial charge in [-0.15, -0.1) is 0 Å². The average molecular weight is 183 g/mol. The monoisotopic (exact) mass is 183 g/mol. The molecule has 2 heterocycles. The fourth-order valence-electron chi connectivity index (χ4n) is 0.848. The summed E-state index contributed by atoms with van der Waals surface area (Å²) in [6.45, 7) is 3.83. The Morgan fingerprint density at radius 2 is 2.23 bits per heavy atom. The molecule has 0 saturated carbocycles. The topological polar surface area (TPSA) is 67.0 Å². The molecule has 72 valence electrons. The van der Waals surface area contributed by atoms with Crippen LogP contribution in [0.4, 0.5) is 0 Å². The number of carbonyl (C=O) groups is 1. The summed E-state index contributed by atoms with van der Waals surface area (Å²) >= 11 is 0. The molecule has 0 aliphatic carbocycles. The summed E-state index contributed by atoms with van der Waals surface area (Å²) in [4.78, 5) is 9.80. The summed E-state index contributed by atoms with van der Waals surface area (Å²) in [5, 5.41) is 9.17. The molecule has 1 aliphatic heterocycles. The SMILES string of the molecule is C1COCCN1.O=Cc1ccn[nH]1. The smallest absolute Gasteiger partial charge is 0.167 e. The van der Waals surface area contributed by atoms with Crippen LogP contribution in [0.1, 0.15) is 10.5 Å². The van der Waals surface area contributed by atoms with Gasteiger partial charge in [0.05, 0.1) is 18.9 Å². The highest BCUT2D eigenvalue weighted by molar-refractivity contribution is 5.70. The molecule has 1 aromatic rings. The van der Waals surface area contributed by atoms with Crippen molar-refractivity contribution in [3.8, 4) is 0 Å². The molecule has 0 bridgehead atoms. The molecule has 13 heavy (non-hydrogen) atoms. The molecule has 1 aromatic heterocycles. The van der Waals surface area contributed by atoms with Gasteiger partial charge in [-0.25, -0.2) is 0 Å². The highest BCUT2D eigenvalue weighted by atomic mass is 16.5. The third-order valence-electron chi connectivity index (χ3n) is 1.50. The summed E-state index contributed by atoms with van der Waals surface area (Å²) in [6, 6.07) is 1.60. The fraction of sp³-hybridized carbons (Fsp3) is 0.500. The molecule has 5 nitrogen and oxygen atoms in total. The van der Waals surface area contributed by atoms with Gasteiger partial charge in [-0.05, 0) is 6.07 Å². The van der Waals surface area contributed by atoms with E-state index in [0.29, 0.717) is 12.0 Å². The second kappa shape index (κ2) is 6.33. The van der Waals surface area contributed by atoms with E-state index in [1.54, 1.807) is 6.07 Å². The van der Waals surface area contributed by atoms with Crippen LogP contribution in [0, 0.1) is 0 Å². The molecule has 2 rings (SSSR count). The maximum atomic E-state index is 9.80. The van der Waals surface area contributed by atoms with Crippen LogP contribution < -0.4 is 5.32 Å². The van der Waals surface area contributed by atoms with Crippen LogP contribution >= 0.6 is 0 Å².